The summed E-state index contributed by atoms with van der Waals surface area (Å²) < 4.78 is 40.6. The van der Waals surface area contributed by atoms with Crippen LogP contribution in [0.2, 0.25) is 0 Å². The van der Waals surface area contributed by atoms with Crippen LogP contribution in [0.15, 0.2) is 36.5 Å². The second kappa shape index (κ2) is 5.73. The van der Waals surface area contributed by atoms with Gasteiger partial charge >= 0.3 is 6.36 Å². The molecule has 2 N–H and O–H groups in total. The topological polar surface area (TPSA) is 48.1 Å². The molecule has 1 aromatic carbocycles. The van der Waals surface area contributed by atoms with Crippen LogP contribution in [0.25, 0.3) is 0 Å². The Kier molecular flexibility index (Phi) is 4.18. The zero-order valence-corrected chi connectivity index (χ0v) is 11.6. The van der Waals surface area contributed by atoms with Gasteiger partial charge in [0.1, 0.15) is 5.75 Å². The Morgan fingerprint density at radius 3 is 2.52 bits per heavy atom. The number of benzene rings is 1. The van der Waals surface area contributed by atoms with Crippen molar-refractivity contribution in [1.29, 1.82) is 0 Å². The SMILES string of the molecule is Cc1cnc(C(N)c2cccc(OC(F)(F)F)c2)c(C)c1. The van der Waals surface area contributed by atoms with Crippen molar-refractivity contribution in [2.75, 3.05) is 0 Å². The molecule has 21 heavy (non-hydrogen) atoms. The number of ether oxygens (including phenoxy) is 1. The molecular weight excluding hydrogens is 281 g/mol. The molecular formula is C15H15F3N2O. The summed E-state index contributed by atoms with van der Waals surface area (Å²) in [6.07, 6.45) is -3.04. The maximum atomic E-state index is 12.2. The van der Waals surface area contributed by atoms with E-state index < -0.39 is 12.4 Å². The van der Waals surface area contributed by atoms with Gasteiger partial charge in [0.15, 0.2) is 0 Å². The first kappa shape index (κ1) is 15.3. The van der Waals surface area contributed by atoms with Crippen molar-refractivity contribution in [1.82, 2.24) is 4.98 Å². The van der Waals surface area contributed by atoms with E-state index in [9.17, 15) is 13.2 Å². The molecule has 1 heterocycles. The van der Waals surface area contributed by atoms with E-state index in [0.717, 1.165) is 11.1 Å². The highest BCUT2D eigenvalue weighted by atomic mass is 19.4. The number of pyridine rings is 1. The van der Waals surface area contributed by atoms with Gasteiger partial charge in [-0.15, -0.1) is 13.2 Å². The molecule has 0 aliphatic carbocycles. The number of hydrogen-bond acceptors (Lipinski definition) is 3. The van der Waals surface area contributed by atoms with Gasteiger partial charge in [-0.3, -0.25) is 4.98 Å². The van der Waals surface area contributed by atoms with E-state index in [2.05, 4.69) is 9.72 Å². The van der Waals surface area contributed by atoms with Gasteiger partial charge in [0.05, 0.1) is 11.7 Å². The third kappa shape index (κ3) is 3.95. The molecule has 0 saturated carbocycles. The lowest BCUT2D eigenvalue weighted by molar-refractivity contribution is -0.274. The zero-order valence-electron chi connectivity index (χ0n) is 11.6. The normalized spacial score (nSPS) is 13.0. The van der Waals surface area contributed by atoms with Crippen LogP contribution in [0.1, 0.15) is 28.4 Å². The first-order valence-electron chi connectivity index (χ1n) is 6.31. The van der Waals surface area contributed by atoms with Crippen molar-refractivity contribution in [3.63, 3.8) is 0 Å². The first-order chi connectivity index (χ1) is 9.76. The standard InChI is InChI=1S/C15H15F3N2O/c1-9-6-10(2)14(20-8-9)13(19)11-4-3-5-12(7-11)21-15(16,17)18/h3-8,13H,19H2,1-2H3. The fraction of sp³-hybridized carbons (Fsp3) is 0.267. The number of hydrogen-bond donors (Lipinski definition) is 1. The van der Waals surface area contributed by atoms with E-state index in [1.807, 2.05) is 19.9 Å². The summed E-state index contributed by atoms with van der Waals surface area (Å²) in [7, 11) is 0. The molecule has 0 aliphatic heterocycles. The minimum absolute atomic E-state index is 0.291. The second-order valence-corrected chi connectivity index (χ2v) is 4.81. The minimum Gasteiger partial charge on any atom is -0.406 e. The van der Waals surface area contributed by atoms with Crippen LogP contribution < -0.4 is 10.5 Å². The zero-order chi connectivity index (χ0) is 15.6. The highest BCUT2D eigenvalue weighted by molar-refractivity contribution is 5.37. The second-order valence-electron chi connectivity index (χ2n) is 4.81. The van der Waals surface area contributed by atoms with Gasteiger partial charge in [-0.1, -0.05) is 18.2 Å². The first-order valence-corrected chi connectivity index (χ1v) is 6.31. The van der Waals surface area contributed by atoms with Crippen molar-refractivity contribution in [2.45, 2.75) is 26.3 Å². The Labute approximate surface area is 120 Å². The van der Waals surface area contributed by atoms with E-state index >= 15 is 0 Å². The van der Waals surface area contributed by atoms with Crippen LogP contribution in [0.5, 0.6) is 5.75 Å². The van der Waals surface area contributed by atoms with Crippen LogP contribution in [-0.2, 0) is 0 Å². The molecule has 0 saturated heterocycles. The van der Waals surface area contributed by atoms with Crippen LogP contribution in [0.4, 0.5) is 13.2 Å². The summed E-state index contributed by atoms with van der Waals surface area (Å²) in [5, 5.41) is 0. The van der Waals surface area contributed by atoms with E-state index in [1.54, 1.807) is 12.3 Å². The highest BCUT2D eigenvalue weighted by Crippen LogP contribution is 2.27. The summed E-state index contributed by atoms with van der Waals surface area (Å²) >= 11 is 0. The summed E-state index contributed by atoms with van der Waals surface area (Å²) in [5.41, 5.74) is 9.13. The van der Waals surface area contributed by atoms with E-state index in [-0.39, 0.29) is 5.75 Å². The fourth-order valence-corrected chi connectivity index (χ4v) is 2.11. The van der Waals surface area contributed by atoms with Crippen LogP contribution in [0, 0.1) is 13.8 Å². The van der Waals surface area contributed by atoms with Crippen LogP contribution >= 0.6 is 0 Å². The van der Waals surface area contributed by atoms with Crippen molar-refractivity contribution in [3.8, 4) is 5.75 Å². The largest absolute Gasteiger partial charge is 0.573 e. The van der Waals surface area contributed by atoms with Gasteiger partial charge in [-0.2, -0.15) is 0 Å². The number of halogens is 3. The summed E-state index contributed by atoms with van der Waals surface area (Å²) in [5.74, 6) is -0.291. The van der Waals surface area contributed by atoms with Gasteiger partial charge in [-0.25, -0.2) is 0 Å². The van der Waals surface area contributed by atoms with Crippen molar-refractivity contribution >= 4 is 0 Å². The van der Waals surface area contributed by atoms with Crippen LogP contribution in [0.3, 0.4) is 0 Å². The Hall–Kier alpha value is -2.08. The Balaban J connectivity index is 2.31. The van der Waals surface area contributed by atoms with Gasteiger partial charge in [0.25, 0.3) is 0 Å². The summed E-state index contributed by atoms with van der Waals surface area (Å²) in [6.45, 7) is 3.78. The molecule has 1 unspecified atom stereocenters. The maximum absolute atomic E-state index is 12.2. The predicted octanol–water partition coefficient (Wildman–Crippen LogP) is 3.65. The molecule has 6 heteroatoms. The predicted molar refractivity (Wildman–Crippen MR) is 72.9 cm³/mol. The van der Waals surface area contributed by atoms with Crippen molar-refractivity contribution < 1.29 is 17.9 Å². The average Bonchev–Trinajstić information content (AvgIpc) is 2.36. The molecule has 0 radical (unpaired) electrons. The lowest BCUT2D eigenvalue weighted by atomic mass is 10.00. The lowest BCUT2D eigenvalue weighted by Gasteiger charge is -2.16. The van der Waals surface area contributed by atoms with Crippen molar-refractivity contribution in [2.24, 2.45) is 5.73 Å². The molecule has 1 aromatic heterocycles. The third-order valence-electron chi connectivity index (χ3n) is 3.00. The smallest absolute Gasteiger partial charge is 0.406 e. The molecule has 0 aliphatic rings. The molecule has 112 valence electrons. The number of aryl methyl sites for hydroxylation is 2. The number of aromatic nitrogens is 1. The van der Waals surface area contributed by atoms with E-state index in [0.29, 0.717) is 11.3 Å². The molecule has 2 rings (SSSR count). The highest BCUT2D eigenvalue weighted by Gasteiger charge is 2.31. The number of nitrogens with zero attached hydrogens (tertiary/aromatic N) is 1. The Morgan fingerprint density at radius 2 is 1.90 bits per heavy atom. The van der Waals surface area contributed by atoms with Gasteiger partial charge in [0, 0.05) is 6.20 Å². The molecule has 0 fully saturated rings. The molecule has 2 aromatic rings. The molecule has 1 atom stereocenters. The van der Waals surface area contributed by atoms with Crippen LogP contribution in [-0.4, -0.2) is 11.3 Å². The Bertz CT molecular complexity index is 641. The molecule has 0 bridgehead atoms. The van der Waals surface area contributed by atoms with Crippen molar-refractivity contribution in [3.05, 3.63) is 58.9 Å². The van der Waals surface area contributed by atoms with Gasteiger partial charge < -0.3 is 10.5 Å². The third-order valence-corrected chi connectivity index (χ3v) is 3.00. The molecule has 3 nitrogen and oxygen atoms in total. The average molecular weight is 296 g/mol. The maximum Gasteiger partial charge on any atom is 0.573 e. The number of alkyl halides is 3. The molecule has 0 spiro atoms. The van der Waals surface area contributed by atoms with Gasteiger partial charge in [-0.05, 0) is 42.7 Å². The lowest BCUT2D eigenvalue weighted by Crippen LogP contribution is -2.18. The number of nitrogens with two attached hydrogens (primary N) is 1. The molecule has 0 amide bonds. The number of rotatable bonds is 3. The summed E-state index contributed by atoms with van der Waals surface area (Å²) in [6, 6.07) is 6.95. The Morgan fingerprint density at radius 1 is 1.19 bits per heavy atom. The fourth-order valence-electron chi connectivity index (χ4n) is 2.11. The van der Waals surface area contributed by atoms with Gasteiger partial charge in [0.2, 0.25) is 0 Å². The summed E-state index contributed by atoms with van der Waals surface area (Å²) in [4.78, 5) is 4.27. The van der Waals surface area contributed by atoms with E-state index in [1.165, 1.54) is 18.2 Å². The van der Waals surface area contributed by atoms with E-state index in [4.69, 9.17) is 5.73 Å². The quantitative estimate of drug-likeness (QED) is 0.940. The monoisotopic (exact) mass is 296 g/mol. The minimum atomic E-state index is -4.72.